The average molecular weight is 159 g/mol. The molecule has 0 aromatic rings. The minimum Gasteiger partial charge on any atom is -0.329 e. The number of rotatable bonds is 5. The summed E-state index contributed by atoms with van der Waals surface area (Å²) in [7, 11) is 1.93. The lowest BCUT2D eigenvalue weighted by Gasteiger charge is -2.31. The highest BCUT2D eigenvalue weighted by atomic mass is 15.1. The Morgan fingerprint density at radius 1 is 1.55 bits per heavy atom. The van der Waals surface area contributed by atoms with Gasteiger partial charge in [0.1, 0.15) is 0 Å². The van der Waals surface area contributed by atoms with E-state index in [1.54, 1.807) is 0 Å². The fourth-order valence-electron chi connectivity index (χ4n) is 0.900. The van der Waals surface area contributed by atoms with Gasteiger partial charge >= 0.3 is 0 Å². The molecule has 0 spiro atoms. The Balaban J connectivity index is 3.86. The minimum absolute atomic E-state index is 0.0719. The molecule has 0 amide bonds. The lowest BCUT2D eigenvalue weighted by molar-refractivity contribution is 0.296. The van der Waals surface area contributed by atoms with Crippen LogP contribution in [-0.2, 0) is 0 Å². The van der Waals surface area contributed by atoms with E-state index in [0.717, 1.165) is 6.42 Å². The maximum Gasteiger partial charge on any atom is 0.0544 e. The second-order valence-corrected chi connectivity index (χ2v) is 3.27. The highest BCUT2D eigenvalue weighted by molar-refractivity contribution is 4.83. The molecular weight excluding hydrogens is 138 g/mol. The van der Waals surface area contributed by atoms with Crippen LogP contribution in [0.25, 0.3) is 0 Å². The first-order valence-corrected chi connectivity index (χ1v) is 4.23. The Morgan fingerprint density at radius 3 is 2.36 bits per heavy atom. The molecule has 0 aliphatic heterocycles. The molecule has 0 radical (unpaired) electrons. The van der Waals surface area contributed by atoms with Gasteiger partial charge in [0.25, 0.3) is 0 Å². The molecule has 0 fully saturated rings. The summed E-state index contributed by atoms with van der Waals surface area (Å²) in [5.74, 6) is 0. The third-order valence-corrected chi connectivity index (χ3v) is 2.23. The third kappa shape index (κ3) is 3.70. The monoisotopic (exact) mass is 159 g/mol. The first-order valence-electron chi connectivity index (χ1n) is 4.23. The molecule has 2 unspecified atom stereocenters. The molecule has 0 heterocycles. The van der Waals surface area contributed by atoms with Gasteiger partial charge in [0, 0.05) is 12.1 Å². The molecule has 0 aromatic heterocycles. The van der Waals surface area contributed by atoms with E-state index in [0.29, 0.717) is 12.7 Å². The van der Waals surface area contributed by atoms with E-state index >= 15 is 0 Å². The molecule has 0 aliphatic rings. The predicted octanol–water partition coefficient (Wildman–Crippen LogP) is 0.269. The molecule has 0 rings (SSSR count). The summed E-state index contributed by atoms with van der Waals surface area (Å²) in [4.78, 5) is 0. The summed E-state index contributed by atoms with van der Waals surface area (Å²) in [6, 6.07) is 0. The molecule has 68 valence electrons. The largest absolute Gasteiger partial charge is 0.329 e. The summed E-state index contributed by atoms with van der Waals surface area (Å²) in [6.07, 6.45) is 1.37. The molecule has 4 N–H and O–H groups in total. The van der Waals surface area contributed by atoms with E-state index in [-0.39, 0.29) is 5.54 Å². The lowest BCUT2D eigenvalue weighted by Crippen LogP contribution is -2.55. The normalized spacial score (nSPS) is 19.4. The summed E-state index contributed by atoms with van der Waals surface area (Å²) in [5.41, 5.74) is 5.70. The van der Waals surface area contributed by atoms with Gasteiger partial charge in [0.2, 0.25) is 0 Å². The van der Waals surface area contributed by atoms with Gasteiger partial charge in [0.15, 0.2) is 0 Å². The Hall–Kier alpha value is -0.120. The Kier molecular flexibility index (Phi) is 4.65. The highest BCUT2D eigenvalue weighted by Gasteiger charge is 2.20. The second kappa shape index (κ2) is 4.70. The van der Waals surface area contributed by atoms with Crippen molar-refractivity contribution >= 4 is 0 Å². The van der Waals surface area contributed by atoms with Crippen molar-refractivity contribution in [2.24, 2.45) is 5.73 Å². The van der Waals surface area contributed by atoms with Crippen molar-refractivity contribution in [3.8, 4) is 0 Å². The van der Waals surface area contributed by atoms with Crippen molar-refractivity contribution in [2.75, 3.05) is 13.6 Å². The van der Waals surface area contributed by atoms with Crippen molar-refractivity contribution in [3.05, 3.63) is 0 Å². The van der Waals surface area contributed by atoms with E-state index in [1.165, 1.54) is 0 Å². The van der Waals surface area contributed by atoms with Gasteiger partial charge < -0.3 is 11.1 Å². The van der Waals surface area contributed by atoms with Crippen LogP contribution in [0.4, 0.5) is 0 Å². The first-order chi connectivity index (χ1) is 5.08. The van der Waals surface area contributed by atoms with E-state index in [9.17, 15) is 0 Å². The summed E-state index contributed by atoms with van der Waals surface area (Å²) in [5, 5.41) is 6.53. The van der Waals surface area contributed by atoms with Gasteiger partial charge in [-0.05, 0) is 27.3 Å². The van der Waals surface area contributed by atoms with Crippen LogP contribution in [0.15, 0.2) is 0 Å². The average Bonchev–Trinajstić information content (AvgIpc) is 2.04. The van der Waals surface area contributed by atoms with E-state index < -0.39 is 0 Å². The Labute approximate surface area is 69.7 Å². The molecule has 0 saturated carbocycles. The Morgan fingerprint density at radius 2 is 2.09 bits per heavy atom. The van der Waals surface area contributed by atoms with Gasteiger partial charge in [0.05, 0.1) is 6.17 Å². The molecule has 0 bridgehead atoms. The lowest BCUT2D eigenvalue weighted by atomic mass is 9.99. The van der Waals surface area contributed by atoms with Crippen LogP contribution in [0.5, 0.6) is 0 Å². The molecule has 0 aromatic carbocycles. The fourth-order valence-corrected chi connectivity index (χ4v) is 0.900. The molecular formula is C8H21N3. The standard InChI is InChI=1S/C8H21N3/c1-5-8(3,6-9)11-7(2)10-4/h7,10-11H,5-6,9H2,1-4H3. The molecule has 11 heavy (non-hydrogen) atoms. The van der Waals surface area contributed by atoms with E-state index in [2.05, 4.69) is 31.4 Å². The van der Waals surface area contributed by atoms with Crippen LogP contribution in [0.2, 0.25) is 0 Å². The number of nitrogens with one attached hydrogen (secondary N) is 2. The maximum atomic E-state index is 5.63. The van der Waals surface area contributed by atoms with Crippen LogP contribution in [-0.4, -0.2) is 25.3 Å². The number of hydrogen-bond acceptors (Lipinski definition) is 3. The van der Waals surface area contributed by atoms with Gasteiger partial charge in [-0.25, -0.2) is 0 Å². The summed E-state index contributed by atoms with van der Waals surface area (Å²) in [6.45, 7) is 7.04. The second-order valence-electron chi connectivity index (χ2n) is 3.27. The smallest absolute Gasteiger partial charge is 0.0544 e. The third-order valence-electron chi connectivity index (χ3n) is 2.23. The molecule has 0 saturated heterocycles. The first kappa shape index (κ1) is 10.9. The zero-order valence-electron chi connectivity index (χ0n) is 8.07. The van der Waals surface area contributed by atoms with Crippen molar-refractivity contribution in [3.63, 3.8) is 0 Å². The zero-order chi connectivity index (χ0) is 8.91. The molecule has 2 atom stereocenters. The van der Waals surface area contributed by atoms with Gasteiger partial charge in [-0.3, -0.25) is 5.32 Å². The SMILES string of the molecule is CCC(C)(CN)NC(C)NC. The topological polar surface area (TPSA) is 50.1 Å². The van der Waals surface area contributed by atoms with Crippen molar-refractivity contribution in [1.82, 2.24) is 10.6 Å². The minimum atomic E-state index is 0.0719. The van der Waals surface area contributed by atoms with E-state index in [1.807, 2.05) is 7.05 Å². The number of nitrogens with two attached hydrogens (primary N) is 1. The van der Waals surface area contributed by atoms with Crippen molar-refractivity contribution < 1.29 is 0 Å². The number of hydrogen-bond donors (Lipinski definition) is 3. The molecule has 0 aliphatic carbocycles. The zero-order valence-corrected chi connectivity index (χ0v) is 8.07. The Bertz CT molecular complexity index is 99.5. The summed E-state index contributed by atoms with van der Waals surface area (Å²) < 4.78 is 0. The van der Waals surface area contributed by atoms with Crippen LogP contribution in [0, 0.1) is 0 Å². The van der Waals surface area contributed by atoms with Gasteiger partial charge in [-0.2, -0.15) is 0 Å². The highest BCUT2D eigenvalue weighted by Crippen LogP contribution is 2.06. The summed E-state index contributed by atoms with van der Waals surface area (Å²) >= 11 is 0. The van der Waals surface area contributed by atoms with Gasteiger partial charge in [-0.1, -0.05) is 6.92 Å². The van der Waals surface area contributed by atoms with Crippen LogP contribution >= 0.6 is 0 Å². The van der Waals surface area contributed by atoms with Gasteiger partial charge in [-0.15, -0.1) is 0 Å². The van der Waals surface area contributed by atoms with Crippen molar-refractivity contribution in [2.45, 2.75) is 38.9 Å². The predicted molar refractivity (Wildman–Crippen MR) is 49.4 cm³/mol. The fraction of sp³-hybridized carbons (Fsp3) is 1.00. The van der Waals surface area contributed by atoms with Crippen molar-refractivity contribution in [1.29, 1.82) is 0 Å². The van der Waals surface area contributed by atoms with Crippen LogP contribution in [0.3, 0.4) is 0 Å². The quantitative estimate of drug-likeness (QED) is 0.505. The molecule has 3 heteroatoms. The molecule has 3 nitrogen and oxygen atoms in total. The van der Waals surface area contributed by atoms with Crippen LogP contribution in [0.1, 0.15) is 27.2 Å². The van der Waals surface area contributed by atoms with E-state index in [4.69, 9.17) is 5.73 Å². The maximum absolute atomic E-state index is 5.63. The van der Waals surface area contributed by atoms with Crippen LogP contribution < -0.4 is 16.4 Å².